The van der Waals surface area contributed by atoms with E-state index in [1.54, 1.807) is 6.07 Å². The first-order chi connectivity index (χ1) is 12.4. The van der Waals surface area contributed by atoms with Crippen molar-refractivity contribution in [3.05, 3.63) is 52.5 Å². The van der Waals surface area contributed by atoms with E-state index in [4.69, 9.17) is 11.6 Å². The highest BCUT2D eigenvalue weighted by Crippen LogP contribution is 2.30. The molecule has 0 radical (unpaired) electrons. The van der Waals surface area contributed by atoms with E-state index in [1.807, 2.05) is 26.8 Å². The summed E-state index contributed by atoms with van der Waals surface area (Å²) in [5.41, 5.74) is 4.52. The zero-order chi connectivity index (χ0) is 18.8. The second kappa shape index (κ2) is 8.89. The number of hydrogen-bond acceptors (Lipinski definition) is 4. The number of nitrogens with one attached hydrogen (secondary N) is 1. The van der Waals surface area contributed by atoms with Gasteiger partial charge in [0.15, 0.2) is 0 Å². The highest BCUT2D eigenvalue weighted by Gasteiger charge is 2.22. The molecule has 0 aliphatic carbocycles. The minimum Gasteiger partial charge on any atom is -0.382 e. The number of piperidine rings is 1. The van der Waals surface area contributed by atoms with Gasteiger partial charge >= 0.3 is 0 Å². The fraction of sp³-hybridized carbons (Fsp3) is 0.400. The van der Waals surface area contributed by atoms with Crippen molar-refractivity contribution in [3.63, 3.8) is 0 Å². The van der Waals surface area contributed by atoms with Crippen LogP contribution in [0.3, 0.4) is 0 Å². The molecule has 0 atom stereocenters. The first kappa shape index (κ1) is 21.5. The fourth-order valence-corrected chi connectivity index (χ4v) is 4.01. The summed E-state index contributed by atoms with van der Waals surface area (Å²) in [4.78, 5) is 18.1. The van der Waals surface area contributed by atoms with Gasteiger partial charge in [-0.2, -0.15) is 0 Å². The molecule has 3 rings (SSSR count). The topological polar surface area (TPSA) is 45.2 Å². The Kier molecular flexibility index (Phi) is 7.06. The van der Waals surface area contributed by atoms with Crippen LogP contribution in [0, 0.1) is 26.6 Å². The Morgan fingerprint density at radius 2 is 1.89 bits per heavy atom. The Morgan fingerprint density at radius 1 is 1.22 bits per heavy atom. The second-order valence-electron chi connectivity index (χ2n) is 6.90. The Bertz CT molecular complexity index is 819. The van der Waals surface area contributed by atoms with Crippen LogP contribution in [-0.2, 0) is 0 Å². The Morgan fingerprint density at radius 3 is 2.44 bits per heavy atom. The number of aromatic nitrogens is 1. The molecule has 1 aromatic carbocycles. The van der Waals surface area contributed by atoms with E-state index >= 15 is 0 Å². The van der Waals surface area contributed by atoms with Gasteiger partial charge in [-0.3, -0.25) is 4.79 Å². The van der Waals surface area contributed by atoms with E-state index in [0.717, 1.165) is 54.1 Å². The van der Waals surface area contributed by atoms with E-state index in [2.05, 4.69) is 15.2 Å². The van der Waals surface area contributed by atoms with Crippen LogP contribution < -0.4 is 10.2 Å². The first-order valence-electron chi connectivity index (χ1n) is 8.80. The van der Waals surface area contributed by atoms with Crippen molar-refractivity contribution in [2.45, 2.75) is 39.7 Å². The summed E-state index contributed by atoms with van der Waals surface area (Å²) in [5.74, 6) is 0.489. The number of pyridine rings is 1. The largest absolute Gasteiger partial charge is 0.382 e. The van der Waals surface area contributed by atoms with Gasteiger partial charge in [0.1, 0.15) is 11.6 Å². The van der Waals surface area contributed by atoms with Gasteiger partial charge in [-0.05, 0) is 74.0 Å². The number of carbonyl (C=O) groups excluding carboxylic acids is 1. The molecule has 4 nitrogen and oxygen atoms in total. The second-order valence-corrected chi connectivity index (χ2v) is 7.24. The lowest BCUT2D eigenvalue weighted by molar-refractivity contribution is 0.108. The summed E-state index contributed by atoms with van der Waals surface area (Å²) in [5, 5.41) is 3.19. The van der Waals surface area contributed by atoms with Crippen molar-refractivity contribution < 1.29 is 9.18 Å². The van der Waals surface area contributed by atoms with Crippen molar-refractivity contribution >= 4 is 40.8 Å². The maximum absolute atomic E-state index is 13.0. The van der Waals surface area contributed by atoms with E-state index in [1.165, 1.54) is 12.3 Å². The quantitative estimate of drug-likeness (QED) is 0.716. The number of carbonyl (C=O) groups is 1. The monoisotopic (exact) mass is 411 g/mol. The molecule has 7 heteroatoms. The predicted octanol–water partition coefficient (Wildman–Crippen LogP) is 5.03. The molecule has 0 amide bonds. The number of hydrogen-bond donors (Lipinski definition) is 1. The van der Waals surface area contributed by atoms with E-state index < -0.39 is 5.24 Å². The molecule has 0 bridgehead atoms. The van der Waals surface area contributed by atoms with Gasteiger partial charge in [0, 0.05) is 30.4 Å². The molecule has 2 aromatic rings. The van der Waals surface area contributed by atoms with Gasteiger partial charge in [0.05, 0.1) is 6.20 Å². The van der Waals surface area contributed by atoms with Crippen molar-refractivity contribution in [1.29, 1.82) is 0 Å². The van der Waals surface area contributed by atoms with Crippen LogP contribution >= 0.6 is 24.0 Å². The fourth-order valence-electron chi connectivity index (χ4n) is 3.72. The van der Waals surface area contributed by atoms with Gasteiger partial charge in [-0.25, -0.2) is 9.37 Å². The van der Waals surface area contributed by atoms with E-state index in [-0.39, 0.29) is 18.2 Å². The summed E-state index contributed by atoms with van der Waals surface area (Å²) >= 11 is 5.77. The standard InChI is InChI=1S/C20H23ClFN3O.ClH/c1-12-10-13(2)19(14(3)18(12)20(21)26)24-16-6-8-25(9-7-16)17-5-4-15(22)11-23-17;/h4-5,10-11,16,24H,6-9H2,1-3H3;1H. The summed E-state index contributed by atoms with van der Waals surface area (Å²) in [7, 11) is 0. The van der Waals surface area contributed by atoms with Gasteiger partial charge < -0.3 is 10.2 Å². The summed E-state index contributed by atoms with van der Waals surface area (Å²) in [6.45, 7) is 7.59. The Labute approximate surface area is 170 Å². The molecule has 2 heterocycles. The molecule has 1 aliphatic rings. The molecule has 146 valence electrons. The van der Waals surface area contributed by atoms with Gasteiger partial charge in [0.2, 0.25) is 0 Å². The van der Waals surface area contributed by atoms with Crippen LogP contribution in [0.1, 0.15) is 39.9 Å². The SMILES string of the molecule is Cc1cc(C)c(C(=O)Cl)c(C)c1NC1CCN(c2ccc(F)cn2)CC1.Cl. The average Bonchev–Trinajstić information content (AvgIpc) is 2.59. The normalized spacial score (nSPS) is 14.6. The lowest BCUT2D eigenvalue weighted by Gasteiger charge is -2.34. The zero-order valence-electron chi connectivity index (χ0n) is 15.7. The molecule has 0 saturated carbocycles. The van der Waals surface area contributed by atoms with Gasteiger partial charge in [-0.15, -0.1) is 12.4 Å². The molecule has 1 aromatic heterocycles. The first-order valence-corrected chi connectivity index (χ1v) is 9.18. The number of aryl methyl sites for hydroxylation is 2. The number of halogens is 3. The van der Waals surface area contributed by atoms with Gasteiger partial charge in [-0.1, -0.05) is 6.07 Å². The highest BCUT2D eigenvalue weighted by atomic mass is 35.5. The highest BCUT2D eigenvalue weighted by molar-refractivity contribution is 6.68. The third-order valence-corrected chi connectivity index (χ3v) is 5.24. The molecular formula is C20H24Cl2FN3O. The minimum absolute atomic E-state index is 0. The molecule has 27 heavy (non-hydrogen) atoms. The molecule has 1 aliphatic heterocycles. The Balaban J connectivity index is 0.00000261. The minimum atomic E-state index is -0.416. The van der Waals surface area contributed by atoms with Crippen LogP contribution in [0.15, 0.2) is 24.4 Å². The molecule has 1 saturated heterocycles. The van der Waals surface area contributed by atoms with Crippen LogP contribution in [-0.4, -0.2) is 29.4 Å². The number of rotatable bonds is 4. The summed E-state index contributed by atoms with van der Waals surface area (Å²) < 4.78 is 13.0. The molecule has 1 fully saturated rings. The third-order valence-electron chi connectivity index (χ3n) is 5.05. The van der Waals surface area contributed by atoms with Gasteiger partial charge in [0.25, 0.3) is 5.24 Å². The lowest BCUT2D eigenvalue weighted by Crippen LogP contribution is -2.39. The van der Waals surface area contributed by atoms with Crippen molar-refractivity contribution in [1.82, 2.24) is 4.98 Å². The predicted molar refractivity (Wildman–Crippen MR) is 111 cm³/mol. The Hall–Kier alpha value is -1.85. The summed E-state index contributed by atoms with van der Waals surface area (Å²) in [6.07, 6.45) is 3.13. The van der Waals surface area contributed by atoms with Crippen molar-refractivity contribution in [2.75, 3.05) is 23.3 Å². The summed E-state index contributed by atoms with van der Waals surface area (Å²) in [6, 6.07) is 5.47. The number of nitrogens with zero attached hydrogens (tertiary/aromatic N) is 2. The zero-order valence-corrected chi connectivity index (χ0v) is 17.3. The maximum Gasteiger partial charge on any atom is 0.253 e. The molecular weight excluding hydrogens is 388 g/mol. The maximum atomic E-state index is 13.0. The average molecular weight is 412 g/mol. The van der Waals surface area contributed by atoms with Crippen LogP contribution in [0.25, 0.3) is 0 Å². The third kappa shape index (κ3) is 4.71. The smallest absolute Gasteiger partial charge is 0.253 e. The molecule has 0 spiro atoms. The van der Waals surface area contributed by atoms with E-state index in [0.29, 0.717) is 11.6 Å². The number of benzene rings is 1. The lowest BCUT2D eigenvalue weighted by atomic mass is 9.96. The van der Waals surface area contributed by atoms with Crippen LogP contribution in [0.2, 0.25) is 0 Å². The molecule has 0 unspecified atom stereocenters. The van der Waals surface area contributed by atoms with Crippen molar-refractivity contribution in [2.24, 2.45) is 0 Å². The van der Waals surface area contributed by atoms with Crippen LogP contribution in [0.4, 0.5) is 15.9 Å². The van der Waals surface area contributed by atoms with Crippen molar-refractivity contribution in [3.8, 4) is 0 Å². The number of anilines is 2. The van der Waals surface area contributed by atoms with Crippen LogP contribution in [0.5, 0.6) is 0 Å². The van der Waals surface area contributed by atoms with E-state index in [9.17, 15) is 9.18 Å². The molecule has 1 N–H and O–H groups in total.